The maximum atomic E-state index is 9.32. The van der Waals surface area contributed by atoms with E-state index in [0.29, 0.717) is 25.7 Å². The Hall–Kier alpha value is -0.120. The van der Waals surface area contributed by atoms with Crippen molar-refractivity contribution in [2.45, 2.75) is 18.9 Å². The smallest absolute Gasteiger partial charge is 0.0801 e. The first-order valence-corrected chi connectivity index (χ1v) is 4.09. The summed E-state index contributed by atoms with van der Waals surface area (Å²) in [4.78, 5) is 0. The zero-order valence-electron chi connectivity index (χ0n) is 6.95. The van der Waals surface area contributed by atoms with Gasteiger partial charge in [-0.15, -0.1) is 0 Å². The van der Waals surface area contributed by atoms with Crippen molar-refractivity contribution in [1.29, 1.82) is 0 Å². The van der Waals surface area contributed by atoms with Gasteiger partial charge in [-0.3, -0.25) is 0 Å². The van der Waals surface area contributed by atoms with Gasteiger partial charge < -0.3 is 14.6 Å². The second kappa shape index (κ2) is 4.70. The fourth-order valence-corrected chi connectivity index (χ4v) is 0.963. The van der Waals surface area contributed by atoms with Gasteiger partial charge in [0.05, 0.1) is 25.9 Å². The van der Waals surface area contributed by atoms with Crippen molar-refractivity contribution in [2.75, 3.05) is 26.9 Å². The summed E-state index contributed by atoms with van der Waals surface area (Å²) < 4.78 is 9.96. The van der Waals surface area contributed by atoms with Crippen LogP contribution in [0.15, 0.2) is 0 Å². The summed E-state index contributed by atoms with van der Waals surface area (Å²) in [5.74, 6) is 0.512. The Kier molecular flexibility index (Phi) is 3.83. The minimum atomic E-state index is -0.244. The molecule has 1 N–H and O–H groups in total. The molecule has 11 heavy (non-hydrogen) atoms. The fourth-order valence-electron chi connectivity index (χ4n) is 0.963. The van der Waals surface area contributed by atoms with Crippen molar-refractivity contribution in [3.63, 3.8) is 0 Å². The van der Waals surface area contributed by atoms with Gasteiger partial charge in [0.15, 0.2) is 0 Å². The van der Waals surface area contributed by atoms with Crippen LogP contribution in [0.2, 0.25) is 0 Å². The Morgan fingerprint density at radius 1 is 1.45 bits per heavy atom. The van der Waals surface area contributed by atoms with Crippen LogP contribution in [0, 0.1) is 5.92 Å². The lowest BCUT2D eigenvalue weighted by Crippen LogP contribution is -2.18. The third kappa shape index (κ3) is 3.70. The number of aliphatic hydroxyl groups excluding tert-OH is 1. The Morgan fingerprint density at radius 3 is 2.73 bits per heavy atom. The van der Waals surface area contributed by atoms with Gasteiger partial charge in [-0.05, 0) is 18.8 Å². The summed E-state index contributed by atoms with van der Waals surface area (Å²) in [7, 11) is 1.64. The number of methoxy groups -OCH3 is 1. The molecule has 0 amide bonds. The van der Waals surface area contributed by atoms with E-state index in [1.807, 2.05) is 0 Å². The standard InChI is InChI=1S/C8H16O3/c1-10-4-5-11-6-8(9)7-2-3-7/h7-9H,2-6H2,1H3. The van der Waals surface area contributed by atoms with Crippen molar-refractivity contribution in [3.8, 4) is 0 Å². The predicted molar refractivity (Wildman–Crippen MR) is 41.4 cm³/mol. The summed E-state index contributed by atoms with van der Waals surface area (Å²) in [6.45, 7) is 1.66. The van der Waals surface area contributed by atoms with Crippen LogP contribution in [0.5, 0.6) is 0 Å². The first-order valence-electron chi connectivity index (χ1n) is 4.09. The predicted octanol–water partition coefficient (Wildman–Crippen LogP) is 0.420. The van der Waals surface area contributed by atoms with Crippen LogP contribution in [-0.2, 0) is 9.47 Å². The second-order valence-corrected chi connectivity index (χ2v) is 2.97. The first kappa shape index (κ1) is 8.97. The van der Waals surface area contributed by atoms with Crippen LogP contribution in [0.4, 0.5) is 0 Å². The zero-order chi connectivity index (χ0) is 8.10. The maximum Gasteiger partial charge on any atom is 0.0801 e. The van der Waals surface area contributed by atoms with E-state index in [1.54, 1.807) is 7.11 Å². The molecule has 1 atom stereocenters. The van der Waals surface area contributed by atoms with Gasteiger partial charge in [-0.25, -0.2) is 0 Å². The number of hydrogen-bond acceptors (Lipinski definition) is 3. The minimum Gasteiger partial charge on any atom is -0.390 e. The molecule has 0 spiro atoms. The summed E-state index contributed by atoms with van der Waals surface area (Å²) in [5.41, 5.74) is 0. The SMILES string of the molecule is COCCOCC(O)C1CC1. The minimum absolute atomic E-state index is 0.244. The summed E-state index contributed by atoms with van der Waals surface area (Å²) in [6, 6.07) is 0. The molecule has 0 aromatic rings. The molecule has 1 aliphatic carbocycles. The largest absolute Gasteiger partial charge is 0.390 e. The van der Waals surface area contributed by atoms with Crippen LogP contribution in [0.3, 0.4) is 0 Å². The lowest BCUT2D eigenvalue weighted by atomic mass is 10.2. The van der Waals surface area contributed by atoms with Crippen molar-refractivity contribution < 1.29 is 14.6 Å². The van der Waals surface area contributed by atoms with Crippen LogP contribution in [-0.4, -0.2) is 38.1 Å². The zero-order valence-corrected chi connectivity index (χ0v) is 6.95. The van der Waals surface area contributed by atoms with E-state index in [2.05, 4.69) is 0 Å². The van der Waals surface area contributed by atoms with Crippen LogP contribution in [0.25, 0.3) is 0 Å². The third-order valence-corrected chi connectivity index (χ3v) is 1.89. The Morgan fingerprint density at radius 2 is 2.18 bits per heavy atom. The molecule has 0 aliphatic heterocycles. The van der Waals surface area contributed by atoms with Crippen LogP contribution in [0.1, 0.15) is 12.8 Å². The van der Waals surface area contributed by atoms with Gasteiger partial charge in [0.25, 0.3) is 0 Å². The monoisotopic (exact) mass is 160 g/mol. The Balaban J connectivity index is 1.85. The van der Waals surface area contributed by atoms with E-state index in [-0.39, 0.29) is 6.10 Å². The fraction of sp³-hybridized carbons (Fsp3) is 1.00. The quantitative estimate of drug-likeness (QED) is 0.572. The van der Waals surface area contributed by atoms with Gasteiger partial charge in [0.2, 0.25) is 0 Å². The highest BCUT2D eigenvalue weighted by atomic mass is 16.5. The van der Waals surface area contributed by atoms with Gasteiger partial charge in [0.1, 0.15) is 0 Å². The molecule has 0 bridgehead atoms. The highest BCUT2D eigenvalue weighted by Gasteiger charge is 2.29. The summed E-state index contributed by atoms with van der Waals surface area (Å²) in [5, 5.41) is 9.32. The number of hydrogen-bond donors (Lipinski definition) is 1. The van der Waals surface area contributed by atoms with Crippen molar-refractivity contribution >= 4 is 0 Å². The molecule has 66 valence electrons. The molecule has 0 heterocycles. The third-order valence-electron chi connectivity index (χ3n) is 1.89. The molecule has 0 saturated heterocycles. The van der Waals surface area contributed by atoms with Gasteiger partial charge in [0, 0.05) is 7.11 Å². The normalized spacial score (nSPS) is 20.2. The molecule has 3 nitrogen and oxygen atoms in total. The maximum absolute atomic E-state index is 9.32. The van der Waals surface area contributed by atoms with E-state index >= 15 is 0 Å². The number of ether oxygens (including phenoxy) is 2. The van der Waals surface area contributed by atoms with Crippen LogP contribution >= 0.6 is 0 Å². The van der Waals surface area contributed by atoms with E-state index in [4.69, 9.17) is 9.47 Å². The summed E-state index contributed by atoms with van der Waals surface area (Å²) >= 11 is 0. The van der Waals surface area contributed by atoms with E-state index < -0.39 is 0 Å². The highest BCUT2D eigenvalue weighted by molar-refractivity contribution is 4.80. The average molecular weight is 160 g/mol. The topological polar surface area (TPSA) is 38.7 Å². The molecule has 0 aromatic heterocycles. The average Bonchev–Trinajstić information content (AvgIpc) is 2.79. The lowest BCUT2D eigenvalue weighted by Gasteiger charge is -2.08. The first-order chi connectivity index (χ1) is 5.34. The van der Waals surface area contributed by atoms with E-state index in [0.717, 1.165) is 12.8 Å². The molecule has 0 aromatic carbocycles. The van der Waals surface area contributed by atoms with E-state index in [1.165, 1.54) is 0 Å². The Bertz CT molecular complexity index is 102. The second-order valence-electron chi connectivity index (χ2n) is 2.97. The molecule has 1 unspecified atom stereocenters. The molecule has 1 rings (SSSR count). The highest BCUT2D eigenvalue weighted by Crippen LogP contribution is 2.32. The molecular weight excluding hydrogens is 144 g/mol. The van der Waals surface area contributed by atoms with Crippen molar-refractivity contribution in [1.82, 2.24) is 0 Å². The number of aliphatic hydroxyl groups is 1. The molecular formula is C8H16O3. The van der Waals surface area contributed by atoms with Gasteiger partial charge >= 0.3 is 0 Å². The number of rotatable bonds is 6. The van der Waals surface area contributed by atoms with Gasteiger partial charge in [-0.1, -0.05) is 0 Å². The molecule has 0 radical (unpaired) electrons. The van der Waals surface area contributed by atoms with Gasteiger partial charge in [-0.2, -0.15) is 0 Å². The lowest BCUT2D eigenvalue weighted by molar-refractivity contribution is 0.00513. The molecule has 1 aliphatic rings. The van der Waals surface area contributed by atoms with Crippen molar-refractivity contribution in [3.05, 3.63) is 0 Å². The Labute approximate surface area is 67.3 Å². The van der Waals surface area contributed by atoms with Crippen molar-refractivity contribution in [2.24, 2.45) is 5.92 Å². The van der Waals surface area contributed by atoms with Crippen LogP contribution < -0.4 is 0 Å². The van der Waals surface area contributed by atoms with E-state index in [9.17, 15) is 5.11 Å². The summed E-state index contributed by atoms with van der Waals surface area (Å²) in [6.07, 6.45) is 2.08. The molecule has 3 heteroatoms. The molecule has 1 fully saturated rings. The molecule has 1 saturated carbocycles.